The third kappa shape index (κ3) is 3.77. The van der Waals surface area contributed by atoms with Gasteiger partial charge in [-0.15, -0.1) is 0 Å². The SMILES string of the molecule is COc1cccc(C(=O)Nc2ccc3oc(-c4ccc(OC)c(OC)c4)nc3c2)c1. The lowest BCUT2D eigenvalue weighted by Crippen LogP contribution is -2.11. The highest BCUT2D eigenvalue weighted by molar-refractivity contribution is 6.05. The van der Waals surface area contributed by atoms with Crippen LogP contribution in [0.5, 0.6) is 17.2 Å². The summed E-state index contributed by atoms with van der Waals surface area (Å²) >= 11 is 0. The molecule has 30 heavy (non-hydrogen) atoms. The summed E-state index contributed by atoms with van der Waals surface area (Å²) < 4.78 is 21.6. The summed E-state index contributed by atoms with van der Waals surface area (Å²) in [5.41, 5.74) is 3.11. The first-order valence-electron chi connectivity index (χ1n) is 9.19. The lowest BCUT2D eigenvalue weighted by molar-refractivity contribution is 0.102. The van der Waals surface area contributed by atoms with Crippen LogP contribution in [0.25, 0.3) is 22.6 Å². The topological polar surface area (TPSA) is 82.8 Å². The molecule has 152 valence electrons. The number of hydrogen-bond donors (Lipinski definition) is 1. The van der Waals surface area contributed by atoms with E-state index in [1.54, 1.807) is 75.9 Å². The minimum atomic E-state index is -0.239. The maximum atomic E-state index is 12.5. The summed E-state index contributed by atoms with van der Waals surface area (Å²) in [7, 11) is 4.72. The van der Waals surface area contributed by atoms with E-state index in [4.69, 9.17) is 18.6 Å². The summed E-state index contributed by atoms with van der Waals surface area (Å²) in [6.07, 6.45) is 0. The number of carbonyl (C=O) groups is 1. The zero-order chi connectivity index (χ0) is 21.1. The van der Waals surface area contributed by atoms with Gasteiger partial charge in [-0.1, -0.05) is 6.07 Å². The number of aromatic nitrogens is 1. The van der Waals surface area contributed by atoms with E-state index in [0.717, 1.165) is 5.56 Å². The minimum Gasteiger partial charge on any atom is -0.497 e. The van der Waals surface area contributed by atoms with Crippen molar-refractivity contribution in [3.8, 4) is 28.7 Å². The highest BCUT2D eigenvalue weighted by atomic mass is 16.5. The number of amides is 1. The number of nitrogens with one attached hydrogen (secondary N) is 1. The molecule has 0 unspecified atom stereocenters. The van der Waals surface area contributed by atoms with Crippen LogP contribution < -0.4 is 19.5 Å². The van der Waals surface area contributed by atoms with Crippen molar-refractivity contribution >= 4 is 22.7 Å². The van der Waals surface area contributed by atoms with E-state index in [2.05, 4.69) is 10.3 Å². The number of hydrogen-bond acceptors (Lipinski definition) is 6. The van der Waals surface area contributed by atoms with Crippen LogP contribution in [0.2, 0.25) is 0 Å². The first-order chi connectivity index (χ1) is 14.6. The third-order valence-corrected chi connectivity index (χ3v) is 4.61. The van der Waals surface area contributed by atoms with Crippen molar-refractivity contribution in [1.82, 2.24) is 4.98 Å². The van der Waals surface area contributed by atoms with Gasteiger partial charge in [0.05, 0.1) is 21.3 Å². The van der Waals surface area contributed by atoms with Crippen molar-refractivity contribution in [2.75, 3.05) is 26.6 Å². The first-order valence-corrected chi connectivity index (χ1v) is 9.19. The number of benzene rings is 3. The Balaban J connectivity index is 1.60. The highest BCUT2D eigenvalue weighted by Crippen LogP contribution is 2.33. The van der Waals surface area contributed by atoms with Crippen molar-refractivity contribution in [3.05, 3.63) is 66.2 Å². The van der Waals surface area contributed by atoms with Crippen molar-refractivity contribution in [1.29, 1.82) is 0 Å². The van der Waals surface area contributed by atoms with Crippen LogP contribution in [0.15, 0.2) is 65.1 Å². The maximum Gasteiger partial charge on any atom is 0.255 e. The average Bonchev–Trinajstić information content (AvgIpc) is 3.22. The molecular formula is C23H20N2O5. The molecular weight excluding hydrogens is 384 g/mol. The Morgan fingerprint density at radius 3 is 2.50 bits per heavy atom. The number of anilines is 1. The lowest BCUT2D eigenvalue weighted by atomic mass is 10.2. The second-order valence-electron chi connectivity index (χ2n) is 6.46. The van der Waals surface area contributed by atoms with Crippen LogP contribution in [0, 0.1) is 0 Å². The summed E-state index contributed by atoms with van der Waals surface area (Å²) in [5, 5.41) is 2.87. The fourth-order valence-electron chi connectivity index (χ4n) is 3.07. The number of ether oxygens (including phenoxy) is 3. The minimum absolute atomic E-state index is 0.239. The molecule has 7 heteroatoms. The number of fused-ring (bicyclic) bond motifs is 1. The molecule has 0 bridgehead atoms. The smallest absolute Gasteiger partial charge is 0.255 e. The number of nitrogens with zero attached hydrogens (tertiary/aromatic N) is 1. The predicted octanol–water partition coefficient (Wildman–Crippen LogP) is 4.77. The molecule has 0 saturated carbocycles. The van der Waals surface area contributed by atoms with Crippen molar-refractivity contribution < 1.29 is 23.4 Å². The van der Waals surface area contributed by atoms with E-state index in [1.165, 1.54) is 0 Å². The number of rotatable bonds is 6. The fraction of sp³-hybridized carbons (Fsp3) is 0.130. The quantitative estimate of drug-likeness (QED) is 0.498. The van der Waals surface area contributed by atoms with Crippen LogP contribution in [0.1, 0.15) is 10.4 Å². The van der Waals surface area contributed by atoms with E-state index in [0.29, 0.717) is 45.5 Å². The number of methoxy groups -OCH3 is 3. The van der Waals surface area contributed by atoms with E-state index in [1.807, 2.05) is 6.07 Å². The molecule has 0 aliphatic heterocycles. The van der Waals surface area contributed by atoms with Gasteiger partial charge in [0.1, 0.15) is 11.3 Å². The number of carbonyl (C=O) groups excluding carboxylic acids is 1. The Morgan fingerprint density at radius 2 is 1.73 bits per heavy atom. The lowest BCUT2D eigenvalue weighted by Gasteiger charge is -2.07. The molecule has 1 N–H and O–H groups in total. The van der Waals surface area contributed by atoms with E-state index >= 15 is 0 Å². The van der Waals surface area contributed by atoms with Crippen molar-refractivity contribution in [2.24, 2.45) is 0 Å². The summed E-state index contributed by atoms with van der Waals surface area (Å²) in [6.45, 7) is 0. The molecule has 4 rings (SSSR count). The second-order valence-corrected chi connectivity index (χ2v) is 6.46. The van der Waals surface area contributed by atoms with Gasteiger partial charge < -0.3 is 23.9 Å². The monoisotopic (exact) mass is 404 g/mol. The largest absolute Gasteiger partial charge is 0.497 e. The molecule has 4 aromatic rings. The van der Waals surface area contributed by atoms with Crippen LogP contribution in [0.4, 0.5) is 5.69 Å². The van der Waals surface area contributed by atoms with Gasteiger partial charge in [0.25, 0.3) is 5.91 Å². The zero-order valence-electron chi connectivity index (χ0n) is 16.8. The zero-order valence-corrected chi connectivity index (χ0v) is 16.8. The standard InChI is InChI=1S/C23H20N2O5/c1-27-17-6-4-5-14(11-17)22(26)24-16-8-10-19-18(13-16)25-23(30-19)15-7-9-20(28-2)21(12-15)29-3/h4-13H,1-3H3,(H,24,26). The molecule has 0 spiro atoms. The van der Waals surface area contributed by atoms with E-state index in [-0.39, 0.29) is 5.91 Å². The Labute approximate surface area is 173 Å². The average molecular weight is 404 g/mol. The Morgan fingerprint density at radius 1 is 0.900 bits per heavy atom. The van der Waals surface area contributed by atoms with Gasteiger partial charge in [0.15, 0.2) is 17.1 Å². The Hall–Kier alpha value is -4.00. The van der Waals surface area contributed by atoms with Crippen LogP contribution in [0.3, 0.4) is 0 Å². The molecule has 0 saturated heterocycles. The van der Waals surface area contributed by atoms with Gasteiger partial charge in [0.2, 0.25) is 5.89 Å². The Bertz CT molecular complexity index is 1220. The number of oxazole rings is 1. The van der Waals surface area contributed by atoms with Crippen LogP contribution >= 0.6 is 0 Å². The normalized spacial score (nSPS) is 10.6. The molecule has 1 amide bonds. The summed E-state index contributed by atoms with van der Waals surface area (Å²) in [4.78, 5) is 17.1. The van der Waals surface area contributed by atoms with E-state index < -0.39 is 0 Å². The summed E-state index contributed by atoms with van der Waals surface area (Å²) in [6, 6.07) is 17.7. The van der Waals surface area contributed by atoms with Crippen molar-refractivity contribution in [2.45, 2.75) is 0 Å². The molecule has 0 atom stereocenters. The van der Waals surface area contributed by atoms with Gasteiger partial charge in [-0.05, 0) is 54.6 Å². The van der Waals surface area contributed by atoms with Gasteiger partial charge >= 0.3 is 0 Å². The molecule has 1 heterocycles. The molecule has 0 radical (unpaired) electrons. The molecule has 3 aromatic carbocycles. The van der Waals surface area contributed by atoms with Gasteiger partial charge in [-0.2, -0.15) is 0 Å². The van der Waals surface area contributed by atoms with Crippen molar-refractivity contribution in [3.63, 3.8) is 0 Å². The predicted molar refractivity (Wildman–Crippen MR) is 113 cm³/mol. The van der Waals surface area contributed by atoms with Gasteiger partial charge in [-0.25, -0.2) is 4.98 Å². The van der Waals surface area contributed by atoms with Crippen LogP contribution in [-0.4, -0.2) is 32.2 Å². The van der Waals surface area contributed by atoms with Gasteiger partial charge in [-0.3, -0.25) is 4.79 Å². The first kappa shape index (κ1) is 19.3. The van der Waals surface area contributed by atoms with Crippen LogP contribution in [-0.2, 0) is 0 Å². The molecule has 1 aromatic heterocycles. The fourth-order valence-corrected chi connectivity index (χ4v) is 3.07. The highest BCUT2D eigenvalue weighted by Gasteiger charge is 2.13. The molecule has 0 fully saturated rings. The molecule has 7 nitrogen and oxygen atoms in total. The summed E-state index contributed by atoms with van der Waals surface area (Å²) in [5.74, 6) is 2.04. The van der Waals surface area contributed by atoms with Gasteiger partial charge in [0, 0.05) is 16.8 Å². The Kier molecular flexibility index (Phi) is 5.26. The molecule has 0 aliphatic carbocycles. The third-order valence-electron chi connectivity index (χ3n) is 4.61. The molecule has 0 aliphatic rings. The second kappa shape index (κ2) is 8.16. The van der Waals surface area contributed by atoms with E-state index in [9.17, 15) is 4.79 Å². The maximum absolute atomic E-state index is 12.5.